The predicted molar refractivity (Wildman–Crippen MR) is 251 cm³/mol. The fourth-order valence-corrected chi connectivity index (χ4v) is 9.41. The normalized spacial score (nSPS) is 11.8. The Balaban J connectivity index is 0.883. The molecule has 12 aromatic rings. The van der Waals surface area contributed by atoms with Crippen LogP contribution in [-0.2, 0) is 0 Å². The van der Waals surface area contributed by atoms with Crippen LogP contribution >= 0.6 is 0 Å². The highest BCUT2D eigenvalue weighted by molar-refractivity contribution is 6.21. The van der Waals surface area contributed by atoms with Gasteiger partial charge in [0.15, 0.2) is 0 Å². The van der Waals surface area contributed by atoms with E-state index in [0.717, 1.165) is 33.1 Å². The van der Waals surface area contributed by atoms with Crippen molar-refractivity contribution in [3.05, 3.63) is 206 Å². The smallest absolute Gasteiger partial charge is 0.0972 e. The van der Waals surface area contributed by atoms with E-state index in [1.54, 1.807) is 0 Å². The van der Waals surface area contributed by atoms with Gasteiger partial charge in [0.05, 0.1) is 16.7 Å². The standard InChI is InChI=1S/C57H36N2/c1-35-6-2-7-38-17-18-40-9-4-12-51(55(40)53(35)38)50-11-3-8-39-19-26-48-34-47(27-29-49(48)54(39)50)46-25-24-44-32-43(22-23-45(44)33-46)36-13-15-37(16-14-36)52-30-28-42-21-20-41-10-5-31-58-56(41)57(42)59-52/h2-34H,1H3. The summed E-state index contributed by atoms with van der Waals surface area (Å²) in [6.07, 6.45) is 1.84. The number of rotatable bonds is 4. The molecule has 2 aromatic heterocycles. The maximum Gasteiger partial charge on any atom is 0.0972 e. The Hall–Kier alpha value is -7.68. The van der Waals surface area contributed by atoms with Crippen molar-refractivity contribution in [2.45, 2.75) is 6.92 Å². The van der Waals surface area contributed by atoms with Crippen molar-refractivity contribution in [2.75, 3.05) is 0 Å². The summed E-state index contributed by atoms with van der Waals surface area (Å²) < 4.78 is 0. The molecule has 0 atom stereocenters. The van der Waals surface area contributed by atoms with Crippen molar-refractivity contribution in [3.8, 4) is 44.6 Å². The van der Waals surface area contributed by atoms with Crippen molar-refractivity contribution in [3.63, 3.8) is 0 Å². The first kappa shape index (κ1) is 33.5. The highest BCUT2D eigenvalue weighted by atomic mass is 14.7. The molecule has 0 aliphatic carbocycles. The Morgan fingerprint density at radius 3 is 1.56 bits per heavy atom. The number of pyridine rings is 2. The van der Waals surface area contributed by atoms with E-state index in [4.69, 9.17) is 4.98 Å². The van der Waals surface area contributed by atoms with E-state index in [9.17, 15) is 0 Å². The average Bonchev–Trinajstić information content (AvgIpc) is 3.30. The molecule has 0 spiro atoms. The molecular weight excluding hydrogens is 713 g/mol. The van der Waals surface area contributed by atoms with Crippen LogP contribution in [0.25, 0.3) is 120 Å². The number of aromatic nitrogens is 2. The lowest BCUT2D eigenvalue weighted by Gasteiger charge is -2.16. The second-order valence-corrected chi connectivity index (χ2v) is 15.8. The second-order valence-electron chi connectivity index (χ2n) is 15.8. The SMILES string of the molecule is Cc1cccc2ccc3cccc(-c4cccc5ccc6cc(-c7ccc8cc(-c9ccc(-c%10ccc%11ccc%12cccnc%12c%11n%10)cc9)ccc8c7)ccc6c45)c3c12. The molecule has 0 unspecified atom stereocenters. The maximum absolute atomic E-state index is 5.06. The van der Waals surface area contributed by atoms with Gasteiger partial charge in [0, 0.05) is 22.5 Å². The fraction of sp³-hybridized carbons (Fsp3) is 0.0175. The molecule has 0 N–H and O–H groups in total. The summed E-state index contributed by atoms with van der Waals surface area (Å²) in [5.74, 6) is 0. The van der Waals surface area contributed by atoms with E-state index in [2.05, 4.69) is 200 Å². The minimum absolute atomic E-state index is 0.936. The average molecular weight is 749 g/mol. The molecule has 0 amide bonds. The summed E-state index contributed by atoms with van der Waals surface area (Å²) in [4.78, 5) is 9.69. The molecule has 10 aromatic carbocycles. The topological polar surface area (TPSA) is 25.8 Å². The largest absolute Gasteiger partial charge is 0.254 e. The zero-order chi connectivity index (χ0) is 39.0. The first-order valence-electron chi connectivity index (χ1n) is 20.3. The van der Waals surface area contributed by atoms with Gasteiger partial charge < -0.3 is 0 Å². The lowest BCUT2D eigenvalue weighted by atomic mass is 9.88. The number of aryl methyl sites for hydroxylation is 1. The monoisotopic (exact) mass is 748 g/mol. The van der Waals surface area contributed by atoms with Gasteiger partial charge >= 0.3 is 0 Å². The van der Waals surface area contributed by atoms with Gasteiger partial charge in [-0.3, -0.25) is 4.98 Å². The molecule has 0 aliphatic heterocycles. The molecule has 12 rings (SSSR count). The van der Waals surface area contributed by atoms with E-state index in [1.165, 1.54) is 92.8 Å². The van der Waals surface area contributed by atoms with E-state index >= 15 is 0 Å². The van der Waals surface area contributed by atoms with Gasteiger partial charge in [-0.25, -0.2) is 4.98 Å². The van der Waals surface area contributed by atoms with Crippen LogP contribution in [0.15, 0.2) is 200 Å². The third-order valence-corrected chi connectivity index (χ3v) is 12.4. The maximum atomic E-state index is 5.06. The van der Waals surface area contributed by atoms with Gasteiger partial charge in [0.2, 0.25) is 0 Å². The Bertz CT molecular complexity index is 3670. The number of fused-ring (bicyclic) bond motifs is 10. The molecule has 274 valence electrons. The number of hydrogen-bond donors (Lipinski definition) is 0. The lowest BCUT2D eigenvalue weighted by Crippen LogP contribution is -1.89. The summed E-state index contributed by atoms with van der Waals surface area (Å²) in [7, 11) is 0. The lowest BCUT2D eigenvalue weighted by molar-refractivity contribution is 1.37. The van der Waals surface area contributed by atoms with Crippen molar-refractivity contribution in [2.24, 2.45) is 0 Å². The summed E-state index contributed by atoms with van der Waals surface area (Å²) in [5, 5.41) is 14.9. The summed E-state index contributed by atoms with van der Waals surface area (Å²) in [6.45, 7) is 2.23. The first-order chi connectivity index (χ1) is 29.1. The number of hydrogen-bond acceptors (Lipinski definition) is 2. The molecular formula is C57H36N2. The minimum Gasteiger partial charge on any atom is -0.254 e. The molecule has 0 saturated heterocycles. The van der Waals surface area contributed by atoms with Crippen molar-refractivity contribution >= 4 is 75.7 Å². The van der Waals surface area contributed by atoms with E-state index in [0.29, 0.717) is 0 Å². The molecule has 2 nitrogen and oxygen atoms in total. The molecule has 2 heterocycles. The van der Waals surface area contributed by atoms with Gasteiger partial charge in [-0.1, -0.05) is 164 Å². The summed E-state index contributed by atoms with van der Waals surface area (Å²) in [5.41, 5.74) is 12.6. The van der Waals surface area contributed by atoms with Crippen molar-refractivity contribution in [1.29, 1.82) is 0 Å². The molecule has 0 fully saturated rings. The molecule has 0 aliphatic rings. The van der Waals surface area contributed by atoms with Crippen LogP contribution < -0.4 is 0 Å². The Morgan fingerprint density at radius 1 is 0.322 bits per heavy atom. The molecule has 0 radical (unpaired) electrons. The van der Waals surface area contributed by atoms with Gasteiger partial charge in [-0.05, 0) is 130 Å². The van der Waals surface area contributed by atoms with Crippen LogP contribution in [0, 0.1) is 6.92 Å². The first-order valence-corrected chi connectivity index (χ1v) is 20.3. The van der Waals surface area contributed by atoms with Gasteiger partial charge in [-0.2, -0.15) is 0 Å². The Labute approximate surface area is 341 Å². The molecule has 0 bridgehead atoms. The van der Waals surface area contributed by atoms with Gasteiger partial charge in [-0.15, -0.1) is 0 Å². The van der Waals surface area contributed by atoms with E-state index < -0.39 is 0 Å². The zero-order valence-corrected chi connectivity index (χ0v) is 32.4. The third kappa shape index (κ3) is 5.49. The highest BCUT2D eigenvalue weighted by Crippen LogP contribution is 2.42. The quantitative estimate of drug-likeness (QED) is 0.168. The number of nitrogens with zero attached hydrogens (tertiary/aromatic N) is 2. The van der Waals surface area contributed by atoms with Crippen LogP contribution in [-0.4, -0.2) is 9.97 Å². The number of benzene rings is 10. The van der Waals surface area contributed by atoms with Crippen LogP contribution in [0.1, 0.15) is 5.56 Å². The minimum atomic E-state index is 0.936. The molecule has 59 heavy (non-hydrogen) atoms. The van der Waals surface area contributed by atoms with Crippen LogP contribution in [0.4, 0.5) is 0 Å². The van der Waals surface area contributed by atoms with Crippen molar-refractivity contribution in [1.82, 2.24) is 9.97 Å². The predicted octanol–water partition coefficient (Wildman–Crippen LogP) is 15.5. The van der Waals surface area contributed by atoms with Gasteiger partial charge in [0.25, 0.3) is 0 Å². The van der Waals surface area contributed by atoms with Gasteiger partial charge in [0.1, 0.15) is 0 Å². The molecule has 2 heteroatoms. The Morgan fingerprint density at radius 2 is 0.814 bits per heavy atom. The van der Waals surface area contributed by atoms with Crippen LogP contribution in [0.3, 0.4) is 0 Å². The van der Waals surface area contributed by atoms with Crippen LogP contribution in [0.5, 0.6) is 0 Å². The Kier molecular flexibility index (Phi) is 7.48. The molecule has 0 saturated carbocycles. The third-order valence-electron chi connectivity index (χ3n) is 12.4. The van der Waals surface area contributed by atoms with Crippen LogP contribution in [0.2, 0.25) is 0 Å². The van der Waals surface area contributed by atoms with E-state index in [-0.39, 0.29) is 0 Å². The summed E-state index contributed by atoms with van der Waals surface area (Å²) >= 11 is 0. The summed E-state index contributed by atoms with van der Waals surface area (Å²) in [6, 6.07) is 71.1. The second kappa shape index (κ2) is 13.2. The zero-order valence-electron chi connectivity index (χ0n) is 32.4. The van der Waals surface area contributed by atoms with Crippen molar-refractivity contribution < 1.29 is 0 Å². The van der Waals surface area contributed by atoms with E-state index in [1.807, 2.05) is 12.3 Å². The fourth-order valence-electron chi connectivity index (χ4n) is 9.41. The highest BCUT2D eigenvalue weighted by Gasteiger charge is 2.15.